The molecule has 0 atom stereocenters. The molecule has 7 heavy (non-hydrogen) atoms. The molecule has 0 fully saturated rings. The van der Waals surface area contributed by atoms with Crippen LogP contribution in [-0.2, 0) is 0 Å². The summed E-state index contributed by atoms with van der Waals surface area (Å²) in [6.45, 7) is 4.44. The first-order chi connectivity index (χ1) is 3.35. The highest BCUT2D eigenvalue weighted by Gasteiger charge is 1.96. The van der Waals surface area contributed by atoms with Gasteiger partial charge in [0.15, 0.2) is 0 Å². The molecule has 0 nitrogen and oxygen atoms in total. The van der Waals surface area contributed by atoms with E-state index in [0.29, 0.717) is 0 Å². The summed E-state index contributed by atoms with van der Waals surface area (Å²) >= 11 is 4.12. The molecule has 44 valence electrons. The van der Waals surface area contributed by atoms with Crippen molar-refractivity contribution in [1.29, 1.82) is 0 Å². The Kier molecular flexibility index (Phi) is 6.12. The fraction of sp³-hybridized carbons (Fsp3) is 1.00. The van der Waals surface area contributed by atoms with Crippen molar-refractivity contribution >= 4 is 29.2 Å². The Hall–Kier alpha value is 1.13. The van der Waals surface area contributed by atoms with Gasteiger partial charge in [-0.3, -0.25) is 0 Å². The average molecular weight is 154 g/mol. The quantitative estimate of drug-likeness (QED) is 0.370. The zero-order valence-electron chi connectivity index (χ0n) is 4.72. The van der Waals surface area contributed by atoms with E-state index in [4.69, 9.17) is 0 Å². The highest BCUT2D eigenvalue weighted by atomic mass is 33.3. The fourth-order valence-corrected chi connectivity index (χ4v) is 3.79. The first kappa shape index (κ1) is 8.13. The maximum atomic E-state index is 4.12. The standard InChI is InChI=1S/C4H11PS2/c1-3-5(4-2)7-6/h6H,3-4H2,1-2H3. The third-order valence-corrected chi connectivity index (χ3v) is 6.78. The van der Waals surface area contributed by atoms with Crippen molar-refractivity contribution in [3.8, 4) is 0 Å². The van der Waals surface area contributed by atoms with Crippen LogP contribution in [0.15, 0.2) is 0 Å². The van der Waals surface area contributed by atoms with Gasteiger partial charge in [0.1, 0.15) is 0 Å². The SMILES string of the molecule is CCP(CC)SS. The second-order valence-corrected chi connectivity index (χ2v) is 7.10. The zero-order valence-corrected chi connectivity index (χ0v) is 7.32. The predicted molar refractivity (Wildman–Crippen MR) is 44.6 cm³/mol. The van der Waals surface area contributed by atoms with Crippen LogP contribution in [0, 0.1) is 0 Å². The molecule has 0 aliphatic heterocycles. The molecule has 0 rings (SSSR count). The summed E-state index contributed by atoms with van der Waals surface area (Å²) in [6.07, 6.45) is 2.61. The molecule has 0 heterocycles. The van der Waals surface area contributed by atoms with E-state index in [-0.39, 0.29) is 7.12 Å². The molecular formula is C4H11PS2. The summed E-state index contributed by atoms with van der Waals surface area (Å²) in [5, 5.41) is 0. The van der Waals surface area contributed by atoms with Crippen LogP contribution in [-0.4, -0.2) is 12.3 Å². The van der Waals surface area contributed by atoms with E-state index in [2.05, 4.69) is 25.5 Å². The van der Waals surface area contributed by atoms with Gasteiger partial charge in [-0.1, -0.05) is 24.3 Å². The highest BCUT2D eigenvalue weighted by molar-refractivity contribution is 8.93. The smallest absolute Gasteiger partial charge is 0.0254 e. The average Bonchev–Trinajstić information content (AvgIpc) is 1.72. The Labute approximate surface area is 55.8 Å². The van der Waals surface area contributed by atoms with Crippen LogP contribution in [0.1, 0.15) is 13.8 Å². The first-order valence-corrected chi connectivity index (χ1v) is 6.60. The van der Waals surface area contributed by atoms with Gasteiger partial charge in [-0.05, 0) is 19.4 Å². The monoisotopic (exact) mass is 154 g/mol. The van der Waals surface area contributed by atoms with E-state index in [1.807, 2.05) is 0 Å². The van der Waals surface area contributed by atoms with Crippen molar-refractivity contribution in [2.75, 3.05) is 12.3 Å². The van der Waals surface area contributed by atoms with E-state index in [0.717, 1.165) is 0 Å². The Morgan fingerprint density at radius 1 is 1.43 bits per heavy atom. The Morgan fingerprint density at radius 2 is 1.86 bits per heavy atom. The summed E-state index contributed by atoms with van der Waals surface area (Å²) in [4.78, 5) is 0. The summed E-state index contributed by atoms with van der Waals surface area (Å²) < 4.78 is 0. The van der Waals surface area contributed by atoms with Crippen LogP contribution < -0.4 is 0 Å². The van der Waals surface area contributed by atoms with Crippen LogP contribution in [0.4, 0.5) is 0 Å². The number of hydrogen-bond donors (Lipinski definition) is 1. The Bertz CT molecular complexity index is 31.2. The lowest BCUT2D eigenvalue weighted by atomic mass is 11.0. The molecule has 0 saturated carbocycles. The van der Waals surface area contributed by atoms with Gasteiger partial charge in [0.05, 0.1) is 0 Å². The van der Waals surface area contributed by atoms with Gasteiger partial charge in [-0.2, -0.15) is 0 Å². The van der Waals surface area contributed by atoms with Crippen molar-refractivity contribution in [1.82, 2.24) is 0 Å². The molecule has 0 aromatic carbocycles. The molecule has 0 aromatic rings. The first-order valence-electron chi connectivity index (χ1n) is 2.41. The van der Waals surface area contributed by atoms with Gasteiger partial charge >= 0.3 is 0 Å². The normalized spacial score (nSPS) is 10.3. The minimum Gasteiger partial charge on any atom is -0.107 e. The topological polar surface area (TPSA) is 0 Å². The van der Waals surface area contributed by atoms with E-state index < -0.39 is 0 Å². The molecule has 0 unspecified atom stereocenters. The Balaban J connectivity index is 2.99. The highest BCUT2D eigenvalue weighted by Crippen LogP contribution is 2.50. The van der Waals surface area contributed by atoms with E-state index in [1.54, 1.807) is 10.4 Å². The van der Waals surface area contributed by atoms with Gasteiger partial charge in [-0.25, -0.2) is 0 Å². The van der Waals surface area contributed by atoms with Crippen molar-refractivity contribution in [3.63, 3.8) is 0 Å². The van der Waals surface area contributed by atoms with Gasteiger partial charge in [0.2, 0.25) is 0 Å². The minimum absolute atomic E-state index is 0.227. The molecule has 3 heteroatoms. The molecular weight excluding hydrogens is 143 g/mol. The fourth-order valence-electron chi connectivity index (χ4n) is 0.339. The second-order valence-electron chi connectivity index (χ2n) is 1.20. The Morgan fingerprint density at radius 3 is 1.86 bits per heavy atom. The van der Waals surface area contributed by atoms with Crippen molar-refractivity contribution in [3.05, 3.63) is 0 Å². The molecule has 0 bridgehead atoms. The maximum Gasteiger partial charge on any atom is -0.0254 e. The lowest BCUT2D eigenvalue weighted by Gasteiger charge is -2.04. The number of hydrogen-bond acceptors (Lipinski definition) is 2. The molecule has 0 spiro atoms. The molecule has 0 aliphatic rings. The third kappa shape index (κ3) is 3.69. The summed E-state index contributed by atoms with van der Waals surface area (Å²) in [6, 6.07) is 0. The molecule has 0 aliphatic carbocycles. The minimum atomic E-state index is 0.227. The molecule has 0 amide bonds. The van der Waals surface area contributed by atoms with Gasteiger partial charge < -0.3 is 0 Å². The summed E-state index contributed by atoms with van der Waals surface area (Å²) in [5.74, 6) is 0. The molecule has 0 saturated heterocycles. The molecule has 0 aromatic heterocycles. The maximum absolute atomic E-state index is 4.12. The van der Waals surface area contributed by atoms with Crippen LogP contribution in [0.2, 0.25) is 0 Å². The third-order valence-electron chi connectivity index (χ3n) is 0.821. The zero-order chi connectivity index (χ0) is 5.70. The number of rotatable bonds is 3. The van der Waals surface area contributed by atoms with Crippen LogP contribution in [0.25, 0.3) is 0 Å². The van der Waals surface area contributed by atoms with Crippen molar-refractivity contribution in [2.45, 2.75) is 13.8 Å². The van der Waals surface area contributed by atoms with Gasteiger partial charge in [-0.15, -0.1) is 11.7 Å². The van der Waals surface area contributed by atoms with Crippen molar-refractivity contribution in [2.24, 2.45) is 0 Å². The van der Waals surface area contributed by atoms with Crippen LogP contribution in [0.3, 0.4) is 0 Å². The van der Waals surface area contributed by atoms with E-state index in [9.17, 15) is 0 Å². The largest absolute Gasteiger partial charge is 0.107 e. The van der Waals surface area contributed by atoms with Gasteiger partial charge in [0.25, 0.3) is 0 Å². The molecule has 0 N–H and O–H groups in total. The van der Waals surface area contributed by atoms with Crippen LogP contribution in [0.5, 0.6) is 0 Å². The molecule has 0 radical (unpaired) electrons. The van der Waals surface area contributed by atoms with E-state index >= 15 is 0 Å². The van der Waals surface area contributed by atoms with Crippen molar-refractivity contribution < 1.29 is 0 Å². The van der Waals surface area contributed by atoms with E-state index in [1.165, 1.54) is 12.3 Å². The second kappa shape index (κ2) is 5.27. The van der Waals surface area contributed by atoms with Gasteiger partial charge in [0, 0.05) is 0 Å². The predicted octanol–water partition coefficient (Wildman–Crippen LogP) is 3.00. The summed E-state index contributed by atoms with van der Waals surface area (Å²) in [5.41, 5.74) is 0. The van der Waals surface area contributed by atoms with Crippen LogP contribution >= 0.6 is 29.2 Å². The lowest BCUT2D eigenvalue weighted by molar-refractivity contribution is 1.44. The summed E-state index contributed by atoms with van der Waals surface area (Å²) in [7, 11) is 1.96. The lowest BCUT2D eigenvalue weighted by Crippen LogP contribution is -1.71. The number of thiol groups is 1.